The molecule has 0 radical (unpaired) electrons. The summed E-state index contributed by atoms with van der Waals surface area (Å²) in [4.78, 5) is 63.1. The number of H-pyrrole nitrogens is 2. The highest BCUT2D eigenvalue weighted by Gasteiger charge is 2.46. The molecule has 7 rings (SSSR count). The lowest BCUT2D eigenvalue weighted by molar-refractivity contribution is -0.138. The largest absolute Gasteiger partial charge is 0.453 e. The highest BCUT2D eigenvalue weighted by molar-refractivity contribution is 6.78. The van der Waals surface area contributed by atoms with E-state index in [1.807, 2.05) is 90.5 Å². The van der Waals surface area contributed by atoms with Crippen molar-refractivity contribution < 1.29 is 19.1 Å². The molecule has 2 fully saturated rings. The second-order valence-corrected chi connectivity index (χ2v) is 21.8. The highest BCUT2D eigenvalue weighted by atomic mass is 28.3. The number of aromatic nitrogens is 4. The van der Waals surface area contributed by atoms with Gasteiger partial charge in [0.15, 0.2) is 0 Å². The molecule has 2 aliphatic heterocycles. The number of amides is 3. The number of nitrogens with zero attached hydrogens (tertiary/aromatic N) is 5. The number of carbonyl (C=O) groups is 3. The maximum Gasteiger partial charge on any atom is 0.407 e. The Morgan fingerprint density at radius 3 is 2.32 bits per heavy atom. The summed E-state index contributed by atoms with van der Waals surface area (Å²) in [6, 6.07) is 23.7. The van der Waals surface area contributed by atoms with Gasteiger partial charge in [0.2, 0.25) is 11.8 Å². The van der Waals surface area contributed by atoms with E-state index in [2.05, 4.69) is 71.1 Å². The molecule has 0 unspecified atom stereocenters. The van der Waals surface area contributed by atoms with E-state index in [1.54, 1.807) is 0 Å². The molecule has 0 saturated carbocycles. The summed E-state index contributed by atoms with van der Waals surface area (Å²) in [5.74, 6) is 8.06. The molecule has 4 atom stereocenters. The van der Waals surface area contributed by atoms with Gasteiger partial charge in [-0.05, 0) is 79.4 Å². The number of nitrogens with one attached hydrogen (secondary N) is 3. The van der Waals surface area contributed by atoms with Gasteiger partial charge in [-0.3, -0.25) is 14.5 Å². The Balaban J connectivity index is 1.04. The van der Waals surface area contributed by atoms with E-state index in [-0.39, 0.29) is 35.9 Å². The Hall–Kier alpha value is -5.71. The summed E-state index contributed by atoms with van der Waals surface area (Å²) >= 11 is 0. The standard InChI is InChI=1S/C46H56N8O4Si/c1-8-52(9-2)41(34-14-11-10-12-15-34)45(56)53-25-13-16-38(53)42-47-27-37(50-42)33-22-19-31(20-23-33)17-18-32-21-24-35-36(26-32)49-43(48-35)39-28-59(6,7)29-54(39)44(55)40(30(3)4)51-46(57)58-5/h10-12,14-15,19-24,26-27,30,38-41H,8-9,13,16,25,28-29H2,1-7H3,(H,47,50)(H,48,49)(H,51,57)/t38-,39-,40-,41+/m0/s1. The molecule has 3 amide bonds. The minimum atomic E-state index is -1.75. The fourth-order valence-electron chi connectivity index (χ4n) is 8.62. The molecule has 0 aliphatic carbocycles. The van der Waals surface area contributed by atoms with Crippen LogP contribution in [0.5, 0.6) is 0 Å². The molecule has 0 spiro atoms. The number of fused-ring (bicyclic) bond motifs is 1. The van der Waals surface area contributed by atoms with Crippen molar-refractivity contribution in [3.8, 4) is 23.1 Å². The Morgan fingerprint density at radius 2 is 1.63 bits per heavy atom. The topological polar surface area (TPSA) is 140 Å². The molecule has 13 heteroatoms. The van der Waals surface area contributed by atoms with Gasteiger partial charge < -0.3 is 29.8 Å². The molecule has 2 saturated heterocycles. The first-order valence-corrected chi connectivity index (χ1v) is 24.2. The molecule has 59 heavy (non-hydrogen) atoms. The van der Waals surface area contributed by atoms with Crippen LogP contribution in [0.4, 0.5) is 4.79 Å². The molecule has 5 aromatic rings. The van der Waals surface area contributed by atoms with Crippen LogP contribution in [0.2, 0.25) is 19.1 Å². The fraction of sp³-hybridized carbons (Fsp3) is 0.413. The van der Waals surface area contributed by atoms with Gasteiger partial charge in [-0.1, -0.05) is 95.1 Å². The van der Waals surface area contributed by atoms with E-state index in [0.29, 0.717) is 12.7 Å². The number of benzene rings is 3. The quantitative estimate of drug-likeness (QED) is 0.0922. The van der Waals surface area contributed by atoms with Crippen LogP contribution in [0.25, 0.3) is 22.3 Å². The third-order valence-corrected chi connectivity index (χ3v) is 14.4. The number of likely N-dealkylation sites (N-methyl/N-ethyl adjacent to an activating group) is 1. The Kier molecular flexibility index (Phi) is 12.4. The predicted octanol–water partition coefficient (Wildman–Crippen LogP) is 7.61. The zero-order valence-electron chi connectivity index (χ0n) is 35.2. The summed E-state index contributed by atoms with van der Waals surface area (Å²) in [6.07, 6.45) is 3.73. The predicted molar refractivity (Wildman–Crippen MR) is 233 cm³/mol. The second kappa shape index (κ2) is 17.6. The van der Waals surface area contributed by atoms with E-state index in [0.717, 1.165) is 82.6 Å². The average molecular weight is 813 g/mol. The summed E-state index contributed by atoms with van der Waals surface area (Å²) in [7, 11) is -0.449. The zero-order valence-corrected chi connectivity index (χ0v) is 36.2. The molecule has 0 bridgehead atoms. The normalized spacial score (nSPS) is 18.5. The fourth-order valence-corrected chi connectivity index (χ4v) is 11.5. The van der Waals surface area contributed by atoms with Crippen molar-refractivity contribution in [2.75, 3.05) is 32.9 Å². The van der Waals surface area contributed by atoms with Gasteiger partial charge in [-0.2, -0.15) is 0 Å². The first kappa shape index (κ1) is 41.4. The van der Waals surface area contributed by atoms with Crippen molar-refractivity contribution in [3.05, 3.63) is 107 Å². The van der Waals surface area contributed by atoms with Crippen molar-refractivity contribution in [1.29, 1.82) is 0 Å². The first-order chi connectivity index (χ1) is 28.4. The van der Waals surface area contributed by atoms with Crippen LogP contribution in [0.1, 0.15) is 87.0 Å². The SMILES string of the molecule is CCN(CC)[C@@H](C(=O)N1CCC[C@H]1c1ncc(-c2ccc(C#Cc3ccc4[nH]c([C@@H]5C[Si](C)(C)CN5C(=O)[C@@H](NC(=O)OC)C(C)C)nc4c3)cc2)[nH]1)c1ccccc1. The summed E-state index contributed by atoms with van der Waals surface area (Å²) < 4.78 is 4.81. The van der Waals surface area contributed by atoms with Crippen LogP contribution < -0.4 is 5.32 Å². The van der Waals surface area contributed by atoms with Crippen molar-refractivity contribution in [3.63, 3.8) is 0 Å². The highest BCUT2D eigenvalue weighted by Crippen LogP contribution is 2.39. The summed E-state index contributed by atoms with van der Waals surface area (Å²) in [5, 5.41) is 2.74. The maximum atomic E-state index is 14.2. The van der Waals surface area contributed by atoms with Gasteiger partial charge in [0.05, 0.1) is 50.2 Å². The molecular weight excluding hydrogens is 757 g/mol. The van der Waals surface area contributed by atoms with Gasteiger partial charge >= 0.3 is 6.09 Å². The lowest BCUT2D eigenvalue weighted by Gasteiger charge is -2.34. The van der Waals surface area contributed by atoms with Crippen molar-refractivity contribution in [1.82, 2.24) is 40.0 Å². The Labute approximate surface area is 348 Å². The minimum Gasteiger partial charge on any atom is -0.453 e. The molecule has 3 aromatic carbocycles. The number of aromatic amines is 2. The van der Waals surface area contributed by atoms with Gasteiger partial charge in [0.25, 0.3) is 0 Å². The van der Waals surface area contributed by atoms with Gasteiger partial charge in [-0.15, -0.1) is 0 Å². The Bertz CT molecular complexity index is 2340. The lowest BCUT2D eigenvalue weighted by atomic mass is 10.0. The third-order valence-electron chi connectivity index (χ3n) is 11.7. The van der Waals surface area contributed by atoms with E-state index >= 15 is 0 Å². The van der Waals surface area contributed by atoms with Crippen molar-refractivity contribution in [2.45, 2.75) is 83.8 Å². The molecule has 2 aromatic heterocycles. The molecule has 12 nitrogen and oxygen atoms in total. The van der Waals surface area contributed by atoms with E-state index in [9.17, 15) is 14.4 Å². The number of alkyl carbamates (subject to hydrolysis) is 1. The van der Waals surface area contributed by atoms with Gasteiger partial charge in [0, 0.05) is 23.8 Å². The van der Waals surface area contributed by atoms with E-state index in [1.165, 1.54) is 7.11 Å². The van der Waals surface area contributed by atoms with Crippen LogP contribution in [-0.4, -0.2) is 99.6 Å². The van der Waals surface area contributed by atoms with Crippen molar-refractivity contribution >= 4 is 37.0 Å². The number of rotatable bonds is 11. The second-order valence-electron chi connectivity index (χ2n) is 16.8. The van der Waals surface area contributed by atoms with Crippen LogP contribution in [0.15, 0.2) is 79.0 Å². The first-order valence-electron chi connectivity index (χ1n) is 20.8. The molecule has 308 valence electrons. The molecular formula is C46H56N8O4Si. The number of methoxy groups -OCH3 is 1. The van der Waals surface area contributed by atoms with Gasteiger partial charge in [-0.25, -0.2) is 14.8 Å². The average Bonchev–Trinajstić information content (AvgIpc) is 4.06. The summed E-state index contributed by atoms with van der Waals surface area (Å²) in [6.45, 7) is 14.9. The van der Waals surface area contributed by atoms with Crippen LogP contribution in [-0.2, 0) is 14.3 Å². The molecule has 4 heterocycles. The number of hydrogen-bond acceptors (Lipinski definition) is 7. The monoisotopic (exact) mass is 812 g/mol. The molecule has 2 aliphatic rings. The minimum absolute atomic E-state index is 0.105. The third kappa shape index (κ3) is 8.99. The maximum absolute atomic E-state index is 14.2. The van der Waals surface area contributed by atoms with E-state index < -0.39 is 20.2 Å². The number of likely N-dealkylation sites (tertiary alicyclic amines) is 1. The van der Waals surface area contributed by atoms with Crippen LogP contribution in [0.3, 0.4) is 0 Å². The summed E-state index contributed by atoms with van der Waals surface area (Å²) in [5.41, 5.74) is 6.29. The Morgan fingerprint density at radius 1 is 0.915 bits per heavy atom. The number of ether oxygens (including phenoxy) is 1. The number of carbonyl (C=O) groups excluding carboxylic acids is 3. The smallest absolute Gasteiger partial charge is 0.407 e. The lowest BCUT2D eigenvalue weighted by Crippen LogP contribution is -2.52. The van der Waals surface area contributed by atoms with Gasteiger partial charge in [0.1, 0.15) is 23.7 Å². The number of imidazole rings is 2. The molecule has 3 N–H and O–H groups in total. The van der Waals surface area contributed by atoms with Crippen LogP contribution in [0, 0.1) is 17.8 Å². The van der Waals surface area contributed by atoms with E-state index in [4.69, 9.17) is 14.7 Å². The van der Waals surface area contributed by atoms with Crippen molar-refractivity contribution in [2.24, 2.45) is 5.92 Å². The van der Waals surface area contributed by atoms with Crippen LogP contribution >= 0.6 is 0 Å². The zero-order chi connectivity index (χ0) is 41.8. The number of hydrogen-bond donors (Lipinski definition) is 3.